The summed E-state index contributed by atoms with van der Waals surface area (Å²) in [5.74, 6) is 0. The number of nitrogens with one attached hydrogen (secondary N) is 1. The molecule has 0 atom stereocenters. The van der Waals surface area contributed by atoms with Gasteiger partial charge >= 0.3 is 0 Å². The van der Waals surface area contributed by atoms with Gasteiger partial charge in [-0.05, 0) is 41.1 Å². The molecule has 1 N–H and O–H groups in total. The minimum atomic E-state index is -3.79. The van der Waals surface area contributed by atoms with Crippen LogP contribution in [0.2, 0.25) is 0 Å². The Hall–Kier alpha value is -1.93. The van der Waals surface area contributed by atoms with Crippen LogP contribution in [0.5, 0.6) is 0 Å². The summed E-state index contributed by atoms with van der Waals surface area (Å²) in [4.78, 5) is 10.5. The number of anilines is 1. The van der Waals surface area contributed by atoms with E-state index in [0.717, 1.165) is 0 Å². The van der Waals surface area contributed by atoms with Crippen molar-refractivity contribution in [2.75, 3.05) is 4.72 Å². The number of nitrogens with zero attached hydrogens (tertiary/aromatic N) is 1. The fraction of sp³-hybridized carbons (Fsp3) is 0.0769. The minimum Gasteiger partial charge on any atom is -0.278 e. The Bertz CT molecular complexity index is 791. The van der Waals surface area contributed by atoms with Gasteiger partial charge in [-0.25, -0.2) is 8.42 Å². The smallest absolute Gasteiger partial charge is 0.274 e. The van der Waals surface area contributed by atoms with Gasteiger partial charge < -0.3 is 0 Å². The van der Waals surface area contributed by atoms with Gasteiger partial charge in [0.15, 0.2) is 0 Å². The summed E-state index contributed by atoms with van der Waals surface area (Å²) < 4.78 is 27.2. The molecule has 2 aromatic rings. The Kier molecular flexibility index (Phi) is 4.29. The van der Waals surface area contributed by atoms with Gasteiger partial charge in [0.1, 0.15) is 0 Å². The van der Waals surface area contributed by atoms with Gasteiger partial charge in [-0.1, -0.05) is 18.2 Å². The Morgan fingerprint density at radius 2 is 1.81 bits per heavy atom. The molecule has 0 aliphatic rings. The van der Waals surface area contributed by atoms with Crippen molar-refractivity contribution in [2.45, 2.75) is 11.8 Å². The topological polar surface area (TPSA) is 89.3 Å². The number of aryl methyl sites for hydroxylation is 1. The number of sulfonamides is 1. The molecule has 0 saturated carbocycles. The molecule has 8 heteroatoms. The second kappa shape index (κ2) is 5.82. The molecule has 0 fully saturated rings. The number of nitro groups is 1. The number of nitro benzene ring substituents is 1. The lowest BCUT2D eigenvalue weighted by Gasteiger charge is -2.10. The van der Waals surface area contributed by atoms with Crippen molar-refractivity contribution in [2.24, 2.45) is 0 Å². The third kappa shape index (κ3) is 3.40. The van der Waals surface area contributed by atoms with Crippen molar-refractivity contribution in [3.05, 3.63) is 62.6 Å². The molecule has 21 heavy (non-hydrogen) atoms. The van der Waals surface area contributed by atoms with E-state index in [0.29, 0.717) is 10.0 Å². The maximum absolute atomic E-state index is 12.2. The first kappa shape index (κ1) is 15.5. The highest BCUT2D eigenvalue weighted by molar-refractivity contribution is 9.10. The average molecular weight is 371 g/mol. The zero-order valence-corrected chi connectivity index (χ0v) is 13.3. The summed E-state index contributed by atoms with van der Waals surface area (Å²) in [5, 5.41) is 10.9. The predicted octanol–water partition coefficient (Wildman–Crippen LogP) is 3.47. The minimum absolute atomic E-state index is 0.0835. The summed E-state index contributed by atoms with van der Waals surface area (Å²) in [6.45, 7) is 1.58. The third-order valence-electron chi connectivity index (χ3n) is 2.78. The van der Waals surface area contributed by atoms with Crippen LogP contribution in [0.15, 0.2) is 51.8 Å². The van der Waals surface area contributed by atoms with Crippen molar-refractivity contribution in [1.29, 1.82) is 0 Å². The Morgan fingerprint density at radius 1 is 1.19 bits per heavy atom. The first-order chi connectivity index (χ1) is 9.81. The number of benzene rings is 2. The second-order valence-electron chi connectivity index (χ2n) is 4.29. The van der Waals surface area contributed by atoms with E-state index in [-0.39, 0.29) is 16.3 Å². The van der Waals surface area contributed by atoms with Crippen LogP contribution in [0.3, 0.4) is 0 Å². The van der Waals surface area contributed by atoms with Crippen molar-refractivity contribution < 1.29 is 13.3 Å². The molecule has 0 unspecified atom stereocenters. The number of hydrogen-bond donors (Lipinski definition) is 1. The van der Waals surface area contributed by atoms with Gasteiger partial charge in [-0.15, -0.1) is 0 Å². The van der Waals surface area contributed by atoms with Crippen LogP contribution in [0.4, 0.5) is 11.4 Å². The highest BCUT2D eigenvalue weighted by Crippen LogP contribution is 2.32. The zero-order chi connectivity index (χ0) is 15.6. The third-order valence-corrected chi connectivity index (χ3v) is 4.82. The second-order valence-corrected chi connectivity index (χ2v) is 6.83. The van der Waals surface area contributed by atoms with Crippen LogP contribution in [0, 0.1) is 17.0 Å². The molecule has 0 spiro atoms. The van der Waals surface area contributed by atoms with Crippen LogP contribution in [-0.4, -0.2) is 13.3 Å². The Balaban J connectivity index is 2.45. The van der Waals surface area contributed by atoms with Gasteiger partial charge in [0, 0.05) is 16.1 Å². The van der Waals surface area contributed by atoms with Gasteiger partial charge in [0.2, 0.25) is 0 Å². The van der Waals surface area contributed by atoms with Crippen LogP contribution < -0.4 is 4.72 Å². The zero-order valence-electron chi connectivity index (χ0n) is 10.9. The van der Waals surface area contributed by atoms with E-state index in [4.69, 9.17) is 0 Å². The van der Waals surface area contributed by atoms with E-state index in [1.165, 1.54) is 24.3 Å². The molecule has 0 radical (unpaired) electrons. The lowest BCUT2D eigenvalue weighted by molar-refractivity contribution is -0.385. The summed E-state index contributed by atoms with van der Waals surface area (Å²) in [7, 11) is -3.79. The molecule has 0 aromatic heterocycles. The van der Waals surface area contributed by atoms with Crippen LogP contribution in [0.25, 0.3) is 0 Å². The number of halogens is 1. The van der Waals surface area contributed by atoms with E-state index < -0.39 is 14.9 Å². The first-order valence-corrected chi connectivity index (χ1v) is 8.11. The molecule has 0 amide bonds. The summed E-state index contributed by atoms with van der Waals surface area (Å²) in [5.41, 5.74) is 0.412. The van der Waals surface area contributed by atoms with E-state index in [1.807, 2.05) is 0 Å². The molecule has 2 rings (SSSR count). The Labute approximate surface area is 130 Å². The van der Waals surface area contributed by atoms with Gasteiger partial charge in [-0.3, -0.25) is 14.8 Å². The molecular weight excluding hydrogens is 360 g/mol. The average Bonchev–Trinajstić information content (AvgIpc) is 2.42. The molecule has 0 aliphatic heterocycles. The van der Waals surface area contributed by atoms with Gasteiger partial charge in [0.05, 0.1) is 15.5 Å². The SMILES string of the molecule is Cc1cc(Br)c(NS(=O)(=O)c2ccccc2)cc1[N+](=O)[O-]. The van der Waals surface area contributed by atoms with E-state index >= 15 is 0 Å². The standard InChI is InChI=1S/C13H11BrN2O4S/c1-9-7-11(14)12(8-13(9)16(17)18)15-21(19,20)10-5-3-2-4-6-10/h2-8,15H,1H3. The quantitative estimate of drug-likeness (QED) is 0.658. The van der Waals surface area contributed by atoms with E-state index in [9.17, 15) is 18.5 Å². The molecule has 2 aromatic carbocycles. The van der Waals surface area contributed by atoms with Crippen LogP contribution in [-0.2, 0) is 10.0 Å². The van der Waals surface area contributed by atoms with Gasteiger partial charge in [0.25, 0.3) is 15.7 Å². The number of hydrogen-bond acceptors (Lipinski definition) is 4. The molecule has 0 saturated heterocycles. The number of rotatable bonds is 4. The Morgan fingerprint density at radius 3 is 2.38 bits per heavy atom. The summed E-state index contributed by atoms with van der Waals surface area (Å²) in [6, 6.07) is 10.5. The van der Waals surface area contributed by atoms with Gasteiger partial charge in [-0.2, -0.15) is 0 Å². The maximum Gasteiger partial charge on any atom is 0.274 e. The predicted molar refractivity (Wildman–Crippen MR) is 82.8 cm³/mol. The van der Waals surface area contributed by atoms with Crippen molar-refractivity contribution in [1.82, 2.24) is 0 Å². The normalized spacial score (nSPS) is 11.1. The van der Waals surface area contributed by atoms with Crippen LogP contribution in [0.1, 0.15) is 5.56 Å². The largest absolute Gasteiger partial charge is 0.278 e. The van der Waals surface area contributed by atoms with E-state index in [2.05, 4.69) is 20.7 Å². The van der Waals surface area contributed by atoms with Crippen molar-refractivity contribution in [3.8, 4) is 0 Å². The monoisotopic (exact) mass is 370 g/mol. The van der Waals surface area contributed by atoms with Crippen molar-refractivity contribution >= 4 is 37.3 Å². The van der Waals surface area contributed by atoms with E-state index in [1.54, 1.807) is 25.1 Å². The lowest BCUT2D eigenvalue weighted by atomic mass is 10.2. The summed E-state index contributed by atoms with van der Waals surface area (Å²) >= 11 is 3.21. The highest BCUT2D eigenvalue weighted by atomic mass is 79.9. The molecule has 0 aliphatic carbocycles. The van der Waals surface area contributed by atoms with Crippen molar-refractivity contribution in [3.63, 3.8) is 0 Å². The lowest BCUT2D eigenvalue weighted by Crippen LogP contribution is -2.13. The maximum atomic E-state index is 12.2. The first-order valence-electron chi connectivity index (χ1n) is 5.83. The summed E-state index contributed by atoms with van der Waals surface area (Å²) in [6.07, 6.45) is 0. The molecule has 110 valence electrons. The molecule has 6 nitrogen and oxygen atoms in total. The fourth-order valence-electron chi connectivity index (χ4n) is 1.74. The van der Waals surface area contributed by atoms with Crippen LogP contribution >= 0.6 is 15.9 Å². The molecule has 0 heterocycles. The molecular formula is C13H11BrN2O4S. The fourth-order valence-corrected chi connectivity index (χ4v) is 3.52. The highest BCUT2D eigenvalue weighted by Gasteiger charge is 2.19. The molecule has 0 bridgehead atoms.